The molecular weight excluding hydrogens is 224 g/mol. The average Bonchev–Trinajstić information content (AvgIpc) is 2.70. The third-order valence-electron chi connectivity index (χ3n) is 2.94. The highest BCUT2D eigenvalue weighted by Crippen LogP contribution is 2.19. The van der Waals surface area contributed by atoms with E-state index in [-0.39, 0.29) is 0 Å². The number of rotatable bonds is 4. The van der Waals surface area contributed by atoms with Gasteiger partial charge in [-0.15, -0.1) is 0 Å². The Kier molecular flexibility index (Phi) is 3.79. The molecule has 0 aliphatic carbocycles. The first-order valence-corrected chi connectivity index (χ1v) is 6.07. The molecule has 96 valence electrons. The number of nitrogens with two attached hydrogens (primary N) is 1. The van der Waals surface area contributed by atoms with Gasteiger partial charge in [-0.3, -0.25) is 4.68 Å². The number of hydrogen-bond acceptors (Lipinski definition) is 3. The summed E-state index contributed by atoms with van der Waals surface area (Å²) in [5.74, 6) is 0. The maximum absolute atomic E-state index is 5.60. The number of aryl methyl sites for hydroxylation is 1. The van der Waals surface area contributed by atoms with E-state index >= 15 is 0 Å². The van der Waals surface area contributed by atoms with Crippen molar-refractivity contribution >= 4 is 0 Å². The van der Waals surface area contributed by atoms with E-state index < -0.39 is 0 Å². The van der Waals surface area contributed by atoms with Crippen molar-refractivity contribution in [2.24, 2.45) is 12.8 Å². The molecule has 0 saturated heterocycles. The zero-order valence-electron chi connectivity index (χ0n) is 11.2. The number of hydrogen-bond donors (Lipinski definition) is 1. The van der Waals surface area contributed by atoms with Crippen molar-refractivity contribution in [1.82, 2.24) is 14.7 Å². The van der Waals surface area contributed by atoms with Gasteiger partial charge < -0.3 is 10.6 Å². The van der Waals surface area contributed by atoms with Gasteiger partial charge in [0.2, 0.25) is 0 Å². The largest absolute Gasteiger partial charge is 0.326 e. The van der Waals surface area contributed by atoms with Gasteiger partial charge in [0.25, 0.3) is 0 Å². The van der Waals surface area contributed by atoms with E-state index in [2.05, 4.69) is 54.4 Å². The summed E-state index contributed by atoms with van der Waals surface area (Å²) in [6.07, 6.45) is 0. The fourth-order valence-corrected chi connectivity index (χ4v) is 1.93. The standard InChI is InChI=1S/C14H20N4/c1-17(2)10-13-8-14(16-18(13)3)12-6-4-11(9-15)5-7-12/h4-8H,9-10,15H2,1-3H3. The Bertz CT molecular complexity index is 511. The molecule has 0 fully saturated rings. The van der Waals surface area contributed by atoms with Crippen molar-refractivity contribution in [3.8, 4) is 11.3 Å². The lowest BCUT2D eigenvalue weighted by molar-refractivity contribution is 0.387. The molecule has 18 heavy (non-hydrogen) atoms. The molecule has 0 radical (unpaired) electrons. The molecular formula is C14H20N4. The average molecular weight is 244 g/mol. The van der Waals surface area contributed by atoms with E-state index in [0.717, 1.165) is 23.4 Å². The normalized spacial score (nSPS) is 11.2. The summed E-state index contributed by atoms with van der Waals surface area (Å²) in [7, 11) is 6.10. The predicted molar refractivity (Wildman–Crippen MR) is 73.9 cm³/mol. The molecule has 0 unspecified atom stereocenters. The van der Waals surface area contributed by atoms with Gasteiger partial charge in [0.15, 0.2) is 0 Å². The van der Waals surface area contributed by atoms with Crippen LogP contribution < -0.4 is 5.73 Å². The summed E-state index contributed by atoms with van der Waals surface area (Å²) in [5.41, 5.74) is 10.1. The van der Waals surface area contributed by atoms with Crippen LogP contribution in [0.4, 0.5) is 0 Å². The molecule has 0 bridgehead atoms. The summed E-state index contributed by atoms with van der Waals surface area (Å²) in [6.45, 7) is 1.47. The molecule has 2 rings (SSSR count). The molecule has 1 heterocycles. The van der Waals surface area contributed by atoms with Gasteiger partial charge in [0.1, 0.15) is 0 Å². The van der Waals surface area contributed by atoms with Crippen molar-refractivity contribution in [2.45, 2.75) is 13.1 Å². The van der Waals surface area contributed by atoms with E-state index in [1.54, 1.807) is 0 Å². The molecule has 0 atom stereocenters. The molecule has 0 spiro atoms. The molecule has 0 saturated carbocycles. The molecule has 0 aliphatic heterocycles. The molecule has 1 aromatic carbocycles. The van der Waals surface area contributed by atoms with Gasteiger partial charge in [0, 0.05) is 25.7 Å². The van der Waals surface area contributed by atoms with Crippen LogP contribution in [0, 0.1) is 0 Å². The Morgan fingerprint density at radius 1 is 1.22 bits per heavy atom. The Morgan fingerprint density at radius 3 is 2.44 bits per heavy atom. The Labute approximate surface area is 108 Å². The van der Waals surface area contributed by atoms with Crippen LogP contribution in [0.5, 0.6) is 0 Å². The molecule has 4 nitrogen and oxygen atoms in total. The third kappa shape index (κ3) is 2.78. The second-order valence-corrected chi connectivity index (χ2v) is 4.78. The van der Waals surface area contributed by atoms with Gasteiger partial charge in [-0.1, -0.05) is 24.3 Å². The minimum Gasteiger partial charge on any atom is -0.326 e. The first kappa shape index (κ1) is 12.8. The van der Waals surface area contributed by atoms with E-state index in [9.17, 15) is 0 Å². The van der Waals surface area contributed by atoms with Crippen molar-refractivity contribution in [3.05, 3.63) is 41.6 Å². The minimum atomic E-state index is 0.578. The first-order chi connectivity index (χ1) is 8.60. The summed E-state index contributed by atoms with van der Waals surface area (Å²) in [4.78, 5) is 2.14. The van der Waals surface area contributed by atoms with Gasteiger partial charge in [-0.25, -0.2) is 0 Å². The van der Waals surface area contributed by atoms with Crippen LogP contribution in [-0.2, 0) is 20.1 Å². The highest BCUT2D eigenvalue weighted by atomic mass is 15.3. The maximum Gasteiger partial charge on any atom is 0.0926 e. The topological polar surface area (TPSA) is 47.1 Å². The van der Waals surface area contributed by atoms with Crippen LogP contribution in [-0.4, -0.2) is 28.8 Å². The quantitative estimate of drug-likeness (QED) is 0.888. The maximum atomic E-state index is 5.60. The molecule has 4 heteroatoms. The fraction of sp³-hybridized carbons (Fsp3) is 0.357. The molecule has 0 amide bonds. The molecule has 2 N–H and O–H groups in total. The van der Waals surface area contributed by atoms with E-state index in [4.69, 9.17) is 5.73 Å². The summed E-state index contributed by atoms with van der Waals surface area (Å²) < 4.78 is 1.94. The molecule has 2 aromatic rings. The van der Waals surface area contributed by atoms with Gasteiger partial charge in [0.05, 0.1) is 11.4 Å². The van der Waals surface area contributed by atoms with Gasteiger partial charge >= 0.3 is 0 Å². The van der Waals surface area contributed by atoms with Gasteiger partial charge in [-0.05, 0) is 25.7 Å². The SMILES string of the molecule is CN(C)Cc1cc(-c2ccc(CN)cc2)nn1C. The second kappa shape index (κ2) is 5.33. The van der Waals surface area contributed by atoms with Crippen LogP contribution in [0.2, 0.25) is 0 Å². The fourth-order valence-electron chi connectivity index (χ4n) is 1.93. The van der Waals surface area contributed by atoms with Crippen LogP contribution in [0.1, 0.15) is 11.3 Å². The lowest BCUT2D eigenvalue weighted by Crippen LogP contribution is -2.13. The summed E-state index contributed by atoms with van der Waals surface area (Å²) >= 11 is 0. The van der Waals surface area contributed by atoms with Gasteiger partial charge in [-0.2, -0.15) is 5.10 Å². The van der Waals surface area contributed by atoms with Crippen molar-refractivity contribution < 1.29 is 0 Å². The highest BCUT2D eigenvalue weighted by molar-refractivity contribution is 5.59. The smallest absolute Gasteiger partial charge is 0.0926 e. The third-order valence-corrected chi connectivity index (χ3v) is 2.94. The van der Waals surface area contributed by atoms with E-state index in [0.29, 0.717) is 6.54 Å². The van der Waals surface area contributed by atoms with E-state index in [1.807, 2.05) is 11.7 Å². The van der Waals surface area contributed by atoms with Crippen LogP contribution in [0.3, 0.4) is 0 Å². The monoisotopic (exact) mass is 244 g/mol. The predicted octanol–water partition coefficient (Wildman–Crippen LogP) is 1.61. The molecule has 0 aliphatic rings. The van der Waals surface area contributed by atoms with Crippen molar-refractivity contribution in [1.29, 1.82) is 0 Å². The number of nitrogens with zero attached hydrogens (tertiary/aromatic N) is 3. The summed E-state index contributed by atoms with van der Waals surface area (Å²) in [5, 5.41) is 4.55. The Hall–Kier alpha value is -1.65. The van der Waals surface area contributed by atoms with Crippen LogP contribution in [0.25, 0.3) is 11.3 Å². The van der Waals surface area contributed by atoms with Crippen LogP contribution >= 0.6 is 0 Å². The minimum absolute atomic E-state index is 0.578. The lowest BCUT2D eigenvalue weighted by Gasteiger charge is -2.08. The summed E-state index contributed by atoms with van der Waals surface area (Å²) in [6, 6.07) is 10.4. The lowest BCUT2D eigenvalue weighted by atomic mass is 10.1. The highest BCUT2D eigenvalue weighted by Gasteiger charge is 2.07. The van der Waals surface area contributed by atoms with Crippen LogP contribution in [0.15, 0.2) is 30.3 Å². The number of aromatic nitrogens is 2. The first-order valence-electron chi connectivity index (χ1n) is 6.07. The second-order valence-electron chi connectivity index (χ2n) is 4.78. The Morgan fingerprint density at radius 2 is 1.89 bits per heavy atom. The Balaban J connectivity index is 2.27. The molecule has 1 aromatic heterocycles. The van der Waals surface area contributed by atoms with Crippen molar-refractivity contribution in [2.75, 3.05) is 14.1 Å². The number of benzene rings is 1. The van der Waals surface area contributed by atoms with E-state index in [1.165, 1.54) is 5.69 Å². The zero-order chi connectivity index (χ0) is 13.1. The zero-order valence-corrected chi connectivity index (χ0v) is 11.2. The van der Waals surface area contributed by atoms with Crippen molar-refractivity contribution in [3.63, 3.8) is 0 Å².